The predicted molar refractivity (Wildman–Crippen MR) is 139 cm³/mol. The van der Waals surface area contributed by atoms with E-state index < -0.39 is 15.9 Å². The molecule has 3 rings (SSSR count). The highest BCUT2D eigenvalue weighted by atomic mass is 32.2. The van der Waals surface area contributed by atoms with Crippen LogP contribution in [0.5, 0.6) is 0 Å². The quantitative estimate of drug-likeness (QED) is 0.0401. The minimum absolute atomic E-state index is 0.0804. The fraction of sp³-hybridized carbons (Fsp3) is 0.278. The van der Waals surface area contributed by atoms with Crippen LogP contribution >= 0.6 is 35.4 Å². The molecule has 0 unspecified atom stereocenters. The summed E-state index contributed by atoms with van der Waals surface area (Å²) in [4.78, 5) is 9.41. The number of benzene rings is 1. The Morgan fingerprint density at radius 2 is 1.89 bits per heavy atom. The van der Waals surface area contributed by atoms with E-state index in [1.807, 2.05) is 6.07 Å². The van der Waals surface area contributed by atoms with Gasteiger partial charge in [0.25, 0.3) is 10.1 Å². The van der Waals surface area contributed by atoms with Gasteiger partial charge in [-0.1, -0.05) is 21.4 Å². The summed E-state index contributed by atoms with van der Waals surface area (Å²) in [5, 5.41) is 48.0. The highest BCUT2D eigenvalue weighted by Crippen LogP contribution is 2.37. The van der Waals surface area contributed by atoms with Gasteiger partial charge < -0.3 is 10.6 Å². The van der Waals surface area contributed by atoms with Gasteiger partial charge in [-0.25, -0.2) is 20.5 Å². The van der Waals surface area contributed by atoms with Gasteiger partial charge in [0.2, 0.25) is 5.13 Å². The van der Waals surface area contributed by atoms with Gasteiger partial charge in [0.05, 0.1) is 33.6 Å². The first-order chi connectivity index (χ1) is 18.3. The molecule has 0 radical (unpaired) electrons. The summed E-state index contributed by atoms with van der Waals surface area (Å²) in [5.74, 6) is 0.0181. The number of anilines is 2. The fourth-order valence-electron chi connectivity index (χ4n) is 2.90. The molecule has 16 nitrogen and oxygen atoms in total. The van der Waals surface area contributed by atoms with Crippen LogP contribution in [0.3, 0.4) is 0 Å². The Bertz CT molecular complexity index is 1430. The maximum absolute atomic E-state index is 11.1. The number of nitrogens with zero attached hydrogens (tertiary/aromatic N) is 5. The summed E-state index contributed by atoms with van der Waals surface area (Å²) >= 11 is 2.84. The molecular weight excluding hydrogens is 587 g/mol. The lowest BCUT2D eigenvalue weighted by Crippen LogP contribution is -2.17. The van der Waals surface area contributed by atoms with Crippen LogP contribution in [0.15, 0.2) is 33.3 Å². The normalized spacial score (nSPS) is 11.8. The molecule has 0 fully saturated rings. The van der Waals surface area contributed by atoms with Gasteiger partial charge in [0.1, 0.15) is 17.6 Å². The Kier molecular flexibility index (Phi) is 11.4. The maximum Gasteiger partial charge on any atom is 0.266 e. The van der Waals surface area contributed by atoms with E-state index in [4.69, 9.17) is 15.1 Å². The molecule has 20 heteroatoms. The molecule has 0 amide bonds. The number of nitriles is 1. The van der Waals surface area contributed by atoms with Crippen molar-refractivity contribution in [1.82, 2.24) is 9.97 Å². The van der Waals surface area contributed by atoms with Crippen LogP contribution in [0.4, 0.5) is 22.5 Å². The van der Waals surface area contributed by atoms with Crippen molar-refractivity contribution in [1.29, 1.82) is 5.26 Å². The van der Waals surface area contributed by atoms with Gasteiger partial charge in [-0.2, -0.15) is 13.7 Å². The van der Waals surface area contributed by atoms with E-state index in [2.05, 4.69) is 49.6 Å². The zero-order chi connectivity index (χ0) is 27.5. The average Bonchev–Trinajstić information content (AvgIpc) is 3.28. The molecule has 2 heterocycles. The van der Waals surface area contributed by atoms with Crippen molar-refractivity contribution in [3.05, 3.63) is 29.3 Å². The van der Waals surface area contributed by atoms with E-state index in [-0.39, 0.29) is 36.0 Å². The highest BCUT2D eigenvalue weighted by Gasteiger charge is 2.18. The van der Waals surface area contributed by atoms with Gasteiger partial charge in [0.15, 0.2) is 5.82 Å². The van der Waals surface area contributed by atoms with Crippen molar-refractivity contribution < 1.29 is 42.2 Å². The summed E-state index contributed by atoms with van der Waals surface area (Å²) in [6.45, 7) is 1.69. The molecule has 5 N–H and O–H groups in total. The molecular formula is C18H19N7O9S4. The van der Waals surface area contributed by atoms with Crippen LogP contribution in [-0.4, -0.2) is 58.0 Å². The van der Waals surface area contributed by atoms with Crippen LogP contribution in [-0.2, 0) is 28.9 Å². The van der Waals surface area contributed by atoms with Crippen molar-refractivity contribution in [2.45, 2.75) is 11.8 Å². The molecule has 204 valence electrons. The van der Waals surface area contributed by atoms with Crippen LogP contribution in [0.25, 0.3) is 10.2 Å². The second-order valence-corrected chi connectivity index (χ2v) is 11.1. The number of aromatic nitrogens is 2. The number of nitrogens with one attached hydrogen (secondary N) is 2. The first-order valence-corrected chi connectivity index (χ1v) is 14.3. The third-order valence-electron chi connectivity index (χ3n) is 4.48. The van der Waals surface area contributed by atoms with Gasteiger partial charge in [-0.3, -0.25) is 4.55 Å². The van der Waals surface area contributed by atoms with Crippen LogP contribution in [0.2, 0.25) is 0 Å². The topological polar surface area (TPSA) is 230 Å². The van der Waals surface area contributed by atoms with Crippen molar-refractivity contribution in [3.8, 4) is 6.07 Å². The summed E-state index contributed by atoms with van der Waals surface area (Å²) in [5.41, 5.74) is 1.37. The molecule has 0 saturated heterocycles. The summed E-state index contributed by atoms with van der Waals surface area (Å²) in [6, 6.07) is 7.21. The van der Waals surface area contributed by atoms with Gasteiger partial charge in [-0.15, -0.1) is 18.9 Å². The maximum atomic E-state index is 11.1. The summed E-state index contributed by atoms with van der Waals surface area (Å²) in [7, 11) is -4.23. The molecule has 0 atom stereocenters. The van der Waals surface area contributed by atoms with E-state index in [1.165, 1.54) is 11.3 Å². The number of rotatable bonds is 15. The van der Waals surface area contributed by atoms with Crippen molar-refractivity contribution in [2.24, 2.45) is 10.2 Å². The SMILES string of the molecule is Cc1c(C#N)c(NCCS(=O)(=O)O)nc(NCCSOOO)c1N=Nc1nc2ccc(SOOO)cc2s1. The average molecular weight is 606 g/mol. The first kappa shape index (κ1) is 29.9. The lowest BCUT2D eigenvalue weighted by Gasteiger charge is -2.15. The van der Waals surface area contributed by atoms with Crippen molar-refractivity contribution >= 4 is 78.2 Å². The third kappa shape index (κ3) is 8.68. The van der Waals surface area contributed by atoms with E-state index in [0.717, 1.165) is 28.8 Å². The first-order valence-electron chi connectivity index (χ1n) is 10.2. The number of fused-ring (bicyclic) bond motifs is 1. The second-order valence-electron chi connectivity index (χ2n) is 6.93. The smallest absolute Gasteiger partial charge is 0.266 e. The van der Waals surface area contributed by atoms with Crippen LogP contribution in [0.1, 0.15) is 11.1 Å². The highest BCUT2D eigenvalue weighted by molar-refractivity contribution is 7.94. The summed E-state index contributed by atoms with van der Waals surface area (Å²) < 4.78 is 40.6. The zero-order valence-corrected chi connectivity index (χ0v) is 22.5. The summed E-state index contributed by atoms with van der Waals surface area (Å²) in [6.07, 6.45) is 0. The van der Waals surface area contributed by atoms with Gasteiger partial charge >= 0.3 is 0 Å². The Hall–Kier alpha value is -2.68. The van der Waals surface area contributed by atoms with Crippen LogP contribution in [0, 0.1) is 18.3 Å². The molecule has 0 bridgehead atoms. The molecule has 0 aliphatic rings. The zero-order valence-electron chi connectivity index (χ0n) is 19.2. The lowest BCUT2D eigenvalue weighted by atomic mass is 10.1. The lowest BCUT2D eigenvalue weighted by molar-refractivity contribution is -0.432. The third-order valence-corrected chi connectivity index (χ3v) is 7.21. The number of hydrogen-bond acceptors (Lipinski definition) is 18. The van der Waals surface area contributed by atoms with E-state index >= 15 is 0 Å². The van der Waals surface area contributed by atoms with E-state index in [0.29, 0.717) is 26.9 Å². The number of hydrogen-bond donors (Lipinski definition) is 5. The second kappa shape index (κ2) is 14.5. The minimum atomic E-state index is -4.23. The fourth-order valence-corrected chi connectivity index (χ4v) is 4.86. The molecule has 0 aliphatic heterocycles. The predicted octanol–water partition coefficient (Wildman–Crippen LogP) is 4.50. The number of azo groups is 1. The minimum Gasteiger partial charge on any atom is -0.368 e. The van der Waals surface area contributed by atoms with E-state index in [1.54, 1.807) is 25.1 Å². The monoisotopic (exact) mass is 605 g/mol. The molecule has 38 heavy (non-hydrogen) atoms. The van der Waals surface area contributed by atoms with Gasteiger partial charge in [-0.05, 0) is 25.1 Å². The van der Waals surface area contributed by atoms with E-state index in [9.17, 15) is 13.7 Å². The largest absolute Gasteiger partial charge is 0.368 e. The Labute approximate surface area is 227 Å². The Morgan fingerprint density at radius 3 is 2.61 bits per heavy atom. The molecule has 0 saturated carbocycles. The molecule has 2 aromatic heterocycles. The van der Waals surface area contributed by atoms with Crippen molar-refractivity contribution in [3.63, 3.8) is 0 Å². The Balaban J connectivity index is 1.91. The molecule has 3 aromatic rings. The number of pyridine rings is 1. The van der Waals surface area contributed by atoms with Crippen LogP contribution < -0.4 is 10.6 Å². The molecule has 1 aromatic carbocycles. The molecule has 0 aliphatic carbocycles. The van der Waals surface area contributed by atoms with Crippen molar-refractivity contribution in [2.75, 3.05) is 35.2 Å². The van der Waals surface area contributed by atoms with Gasteiger partial charge in [0, 0.05) is 41.3 Å². The standard InChI is InChI=1S/C18H19N7O9S4/c1-10-12(9-19)16(21-5-7-38(28,29)30)23-17(20-4-6-35-33-31-26)15(10)24-25-18-22-13-3-2-11(37-34-32-27)8-14(13)36-18/h2-3,8,26-27H,4-7H2,1H3,(H2,20,21,23)(H,28,29,30). The number of thiazole rings is 1. The molecule has 0 spiro atoms. The Morgan fingerprint density at radius 1 is 1.13 bits per heavy atom.